The van der Waals surface area contributed by atoms with E-state index in [2.05, 4.69) is 45.6 Å². The van der Waals surface area contributed by atoms with E-state index in [0.717, 1.165) is 42.4 Å². The smallest absolute Gasteiger partial charge is 0.0766 e. The van der Waals surface area contributed by atoms with E-state index in [-0.39, 0.29) is 5.41 Å². The quantitative estimate of drug-likeness (QED) is 0.751. The van der Waals surface area contributed by atoms with Gasteiger partial charge < -0.3 is 0 Å². The Morgan fingerprint density at radius 3 is 2.40 bits per heavy atom. The Balaban J connectivity index is 2.31. The van der Waals surface area contributed by atoms with Crippen LogP contribution in [0.15, 0.2) is 4.47 Å². The summed E-state index contributed by atoms with van der Waals surface area (Å²) in [6, 6.07) is 2.65. The highest BCUT2D eigenvalue weighted by Crippen LogP contribution is 2.39. The summed E-state index contributed by atoms with van der Waals surface area (Å²) in [7, 11) is 0. The molecule has 1 saturated carbocycles. The van der Waals surface area contributed by atoms with Crippen molar-refractivity contribution in [3.05, 3.63) is 15.9 Å². The van der Waals surface area contributed by atoms with Crippen LogP contribution in [0.2, 0.25) is 0 Å². The number of nitrogens with zero attached hydrogens (tertiary/aromatic N) is 3. The summed E-state index contributed by atoms with van der Waals surface area (Å²) in [5, 5.41) is 14.4. The molecular weight excluding hydrogens is 314 g/mol. The first kappa shape index (κ1) is 15.6. The number of rotatable bonds is 4. The summed E-state index contributed by atoms with van der Waals surface area (Å²) in [5.41, 5.74) is 2.15. The van der Waals surface area contributed by atoms with Crippen LogP contribution in [0.1, 0.15) is 63.8 Å². The lowest BCUT2D eigenvalue weighted by atomic mass is 9.78. The average Bonchev–Trinajstić information content (AvgIpc) is 2.66. The molecule has 1 aromatic heterocycles. The fourth-order valence-corrected chi connectivity index (χ4v) is 3.94. The average molecular weight is 338 g/mol. The van der Waals surface area contributed by atoms with E-state index < -0.39 is 0 Å². The topological polar surface area (TPSA) is 41.6 Å². The van der Waals surface area contributed by atoms with Gasteiger partial charge in [0.05, 0.1) is 27.3 Å². The van der Waals surface area contributed by atoms with Crippen molar-refractivity contribution in [3.63, 3.8) is 0 Å². The van der Waals surface area contributed by atoms with E-state index in [1.807, 2.05) is 0 Å². The minimum Gasteiger partial charge on any atom is -0.268 e. The number of hydrogen-bond donors (Lipinski definition) is 0. The molecule has 1 aliphatic rings. The monoisotopic (exact) mass is 337 g/mol. The Labute approximate surface area is 130 Å². The molecule has 0 amide bonds. The van der Waals surface area contributed by atoms with Gasteiger partial charge in [0.15, 0.2) is 0 Å². The zero-order valence-corrected chi connectivity index (χ0v) is 14.2. The molecule has 110 valence electrons. The highest BCUT2D eigenvalue weighted by molar-refractivity contribution is 9.10. The molecule has 4 heteroatoms. The van der Waals surface area contributed by atoms with Crippen molar-refractivity contribution in [3.8, 4) is 6.07 Å². The molecule has 20 heavy (non-hydrogen) atoms. The molecule has 0 saturated heterocycles. The minimum absolute atomic E-state index is 0.184. The highest BCUT2D eigenvalue weighted by atomic mass is 79.9. The zero-order chi connectivity index (χ0) is 14.6. The fraction of sp³-hybridized carbons (Fsp3) is 0.750. The van der Waals surface area contributed by atoms with Crippen LogP contribution in [0.25, 0.3) is 0 Å². The summed E-state index contributed by atoms with van der Waals surface area (Å²) in [6.07, 6.45) is 8.76. The number of hydrogen-bond acceptors (Lipinski definition) is 2. The molecule has 0 aliphatic heterocycles. The van der Waals surface area contributed by atoms with Crippen molar-refractivity contribution in [1.29, 1.82) is 5.26 Å². The molecule has 1 aromatic rings. The van der Waals surface area contributed by atoms with Gasteiger partial charge in [-0.25, -0.2) is 0 Å². The van der Waals surface area contributed by atoms with Gasteiger partial charge in [-0.1, -0.05) is 32.6 Å². The van der Waals surface area contributed by atoms with E-state index in [0.29, 0.717) is 0 Å². The van der Waals surface area contributed by atoms with Gasteiger partial charge in [-0.2, -0.15) is 10.4 Å². The van der Waals surface area contributed by atoms with Crippen LogP contribution in [0.4, 0.5) is 0 Å². The van der Waals surface area contributed by atoms with Crippen molar-refractivity contribution in [2.24, 2.45) is 5.41 Å². The van der Waals surface area contributed by atoms with E-state index in [4.69, 9.17) is 0 Å². The summed E-state index contributed by atoms with van der Waals surface area (Å²) < 4.78 is 3.20. The van der Waals surface area contributed by atoms with Crippen molar-refractivity contribution < 1.29 is 0 Å². The third kappa shape index (κ3) is 3.09. The van der Waals surface area contributed by atoms with Crippen LogP contribution in [-0.2, 0) is 19.4 Å². The van der Waals surface area contributed by atoms with Gasteiger partial charge in [0, 0.05) is 13.0 Å². The molecule has 0 radical (unpaired) electrons. The molecule has 0 spiro atoms. The van der Waals surface area contributed by atoms with Gasteiger partial charge in [-0.05, 0) is 42.1 Å². The van der Waals surface area contributed by atoms with Gasteiger partial charge in [-0.3, -0.25) is 4.68 Å². The first-order valence-corrected chi connectivity index (χ1v) is 8.60. The first-order valence-electron chi connectivity index (χ1n) is 7.81. The summed E-state index contributed by atoms with van der Waals surface area (Å²) in [6.45, 7) is 5.12. The summed E-state index contributed by atoms with van der Waals surface area (Å²) in [5.74, 6) is 0. The van der Waals surface area contributed by atoms with E-state index in [1.165, 1.54) is 31.4 Å². The van der Waals surface area contributed by atoms with Gasteiger partial charge in [0.1, 0.15) is 0 Å². The molecule has 0 N–H and O–H groups in total. The lowest BCUT2D eigenvalue weighted by Crippen LogP contribution is -2.23. The normalized spacial score (nSPS) is 18.5. The second kappa shape index (κ2) is 6.76. The van der Waals surface area contributed by atoms with Crippen molar-refractivity contribution >= 4 is 15.9 Å². The Hall–Kier alpha value is -0.820. The van der Waals surface area contributed by atoms with Crippen molar-refractivity contribution in [2.75, 3.05) is 0 Å². The second-order valence-electron chi connectivity index (χ2n) is 5.86. The third-order valence-electron chi connectivity index (χ3n) is 4.50. The molecule has 3 nitrogen and oxygen atoms in total. The molecule has 0 aromatic carbocycles. The Bertz CT molecular complexity index is 491. The molecule has 0 atom stereocenters. The van der Waals surface area contributed by atoms with Crippen LogP contribution in [-0.4, -0.2) is 9.78 Å². The molecule has 1 aliphatic carbocycles. The predicted molar refractivity (Wildman–Crippen MR) is 84.4 cm³/mol. The van der Waals surface area contributed by atoms with E-state index in [9.17, 15) is 5.26 Å². The van der Waals surface area contributed by atoms with Crippen molar-refractivity contribution in [1.82, 2.24) is 9.78 Å². The number of nitriles is 1. The maximum absolute atomic E-state index is 9.75. The van der Waals surface area contributed by atoms with Crippen LogP contribution in [0.3, 0.4) is 0 Å². The SMILES string of the molecule is CCc1nn(CC)c(CC2(C#N)CCCCCC2)c1Br. The van der Waals surface area contributed by atoms with Crippen LogP contribution < -0.4 is 0 Å². The van der Waals surface area contributed by atoms with Crippen LogP contribution in [0.5, 0.6) is 0 Å². The molecule has 1 heterocycles. The third-order valence-corrected chi connectivity index (χ3v) is 5.41. The van der Waals surface area contributed by atoms with E-state index >= 15 is 0 Å². The number of aryl methyl sites for hydroxylation is 2. The standard InChI is InChI=1S/C16H24BrN3/c1-3-13-15(17)14(20(4-2)19-13)11-16(12-18)9-7-5-6-8-10-16/h3-11H2,1-2H3. The van der Waals surface area contributed by atoms with Gasteiger partial charge in [0.2, 0.25) is 0 Å². The molecule has 0 bridgehead atoms. The van der Waals surface area contributed by atoms with Gasteiger partial charge in [-0.15, -0.1) is 0 Å². The Kier molecular flexibility index (Phi) is 5.26. The minimum atomic E-state index is -0.184. The Morgan fingerprint density at radius 2 is 1.90 bits per heavy atom. The molecule has 1 fully saturated rings. The van der Waals surface area contributed by atoms with E-state index in [1.54, 1.807) is 0 Å². The lowest BCUT2D eigenvalue weighted by molar-refractivity contribution is 0.328. The molecular formula is C16H24BrN3. The first-order chi connectivity index (χ1) is 9.65. The van der Waals surface area contributed by atoms with Crippen LogP contribution in [0, 0.1) is 16.7 Å². The van der Waals surface area contributed by atoms with Crippen molar-refractivity contribution in [2.45, 2.75) is 71.8 Å². The second-order valence-corrected chi connectivity index (χ2v) is 6.65. The highest BCUT2D eigenvalue weighted by Gasteiger charge is 2.33. The maximum atomic E-state index is 9.75. The largest absolute Gasteiger partial charge is 0.268 e. The Morgan fingerprint density at radius 1 is 1.25 bits per heavy atom. The zero-order valence-electron chi connectivity index (χ0n) is 12.6. The summed E-state index contributed by atoms with van der Waals surface area (Å²) in [4.78, 5) is 0. The fourth-order valence-electron chi connectivity index (χ4n) is 3.24. The number of aromatic nitrogens is 2. The molecule has 2 rings (SSSR count). The maximum Gasteiger partial charge on any atom is 0.0766 e. The van der Waals surface area contributed by atoms with Crippen LogP contribution >= 0.6 is 15.9 Å². The number of halogens is 1. The lowest BCUT2D eigenvalue weighted by Gasteiger charge is -2.25. The summed E-state index contributed by atoms with van der Waals surface area (Å²) >= 11 is 3.71. The molecule has 0 unspecified atom stereocenters. The van der Waals surface area contributed by atoms with Gasteiger partial charge >= 0.3 is 0 Å². The van der Waals surface area contributed by atoms with Gasteiger partial charge in [0.25, 0.3) is 0 Å². The predicted octanol–water partition coefficient (Wildman–Crippen LogP) is 4.63.